The second kappa shape index (κ2) is 3.68. The summed E-state index contributed by atoms with van der Waals surface area (Å²) in [5.74, 6) is 0. The van der Waals surface area contributed by atoms with E-state index >= 15 is 0 Å². The van der Waals surface area contributed by atoms with Crippen molar-refractivity contribution in [3.05, 3.63) is 27.0 Å². The van der Waals surface area contributed by atoms with Crippen LogP contribution in [0.25, 0.3) is 0 Å². The Morgan fingerprint density at radius 1 is 1.57 bits per heavy atom. The molecule has 1 aliphatic rings. The van der Waals surface area contributed by atoms with Crippen LogP contribution in [0.4, 0.5) is 0 Å². The fourth-order valence-corrected chi connectivity index (χ4v) is 2.15. The van der Waals surface area contributed by atoms with Gasteiger partial charge in [0.15, 0.2) is 0 Å². The lowest BCUT2D eigenvalue weighted by Gasteiger charge is -2.18. The highest BCUT2D eigenvalue weighted by Gasteiger charge is 2.18. The maximum atomic E-state index is 9.07. The van der Waals surface area contributed by atoms with E-state index in [4.69, 9.17) is 5.26 Å². The summed E-state index contributed by atoms with van der Waals surface area (Å²) in [5.41, 5.74) is 3.77. The Hall–Kier alpha value is -0.920. The second-order valence-electron chi connectivity index (χ2n) is 3.35. The van der Waals surface area contributed by atoms with Crippen LogP contribution in [-0.2, 0) is 13.0 Å². The first-order valence-corrected chi connectivity index (χ1v) is 5.32. The van der Waals surface area contributed by atoms with Crippen LogP contribution in [0.1, 0.15) is 22.5 Å². The molecule has 0 aliphatic carbocycles. The molecule has 1 aromatic heterocycles. The molecule has 0 unspecified atom stereocenters. The number of pyridine rings is 1. The van der Waals surface area contributed by atoms with Crippen LogP contribution < -0.4 is 5.32 Å². The molecule has 2 rings (SSSR count). The number of nitrogens with zero attached hydrogens (tertiary/aromatic N) is 2. The van der Waals surface area contributed by atoms with Crippen LogP contribution in [0.3, 0.4) is 0 Å². The molecule has 0 aromatic carbocycles. The minimum absolute atomic E-state index is 0.758. The number of nitrogens with one attached hydrogen (secondary N) is 1. The van der Waals surface area contributed by atoms with E-state index in [9.17, 15) is 0 Å². The molecular formula is C10H10BrN3. The predicted octanol–water partition coefficient (Wildman–Crippen LogP) is 1.67. The summed E-state index contributed by atoms with van der Waals surface area (Å²) in [6.45, 7) is 3.62. The largest absolute Gasteiger partial charge is 0.311 e. The van der Waals surface area contributed by atoms with Crippen LogP contribution >= 0.6 is 15.9 Å². The van der Waals surface area contributed by atoms with Gasteiger partial charge in [-0.05, 0) is 41.4 Å². The van der Waals surface area contributed by atoms with Gasteiger partial charge in [0.1, 0.15) is 6.07 Å². The number of rotatable bonds is 0. The van der Waals surface area contributed by atoms with Crippen molar-refractivity contribution in [1.29, 1.82) is 5.26 Å². The third kappa shape index (κ3) is 1.43. The van der Waals surface area contributed by atoms with Crippen molar-refractivity contribution in [1.82, 2.24) is 10.3 Å². The van der Waals surface area contributed by atoms with Crippen molar-refractivity contribution >= 4 is 15.9 Å². The van der Waals surface area contributed by atoms with E-state index in [2.05, 4.69) is 32.3 Å². The van der Waals surface area contributed by atoms with Crippen LogP contribution in [-0.4, -0.2) is 11.5 Å². The van der Waals surface area contributed by atoms with Crippen molar-refractivity contribution < 1.29 is 0 Å². The molecule has 3 nitrogen and oxygen atoms in total. The van der Waals surface area contributed by atoms with E-state index in [1.165, 1.54) is 0 Å². The molecule has 1 N–H and O–H groups in total. The average molecular weight is 252 g/mol. The smallest absolute Gasteiger partial charge is 0.101 e. The third-order valence-corrected chi connectivity index (χ3v) is 3.42. The standard InChI is InChI=1S/C10H10BrN3/c1-6-10(11)8(4-12)7-2-3-13-5-9(7)14-6/h13H,2-3,5H2,1H3. The Morgan fingerprint density at radius 2 is 2.36 bits per heavy atom. The fourth-order valence-electron chi connectivity index (χ4n) is 1.73. The quantitative estimate of drug-likeness (QED) is 0.764. The summed E-state index contributed by atoms with van der Waals surface area (Å²) in [4.78, 5) is 4.46. The fraction of sp³-hybridized carbons (Fsp3) is 0.400. The molecule has 0 atom stereocenters. The topological polar surface area (TPSA) is 48.7 Å². The molecule has 0 fully saturated rings. The number of aryl methyl sites for hydroxylation is 1. The molecule has 0 bridgehead atoms. The first-order chi connectivity index (χ1) is 6.74. The number of hydrogen-bond donors (Lipinski definition) is 1. The summed E-state index contributed by atoms with van der Waals surface area (Å²) >= 11 is 3.41. The van der Waals surface area contributed by atoms with Crippen molar-refractivity contribution in [3.8, 4) is 6.07 Å². The van der Waals surface area contributed by atoms with Gasteiger partial charge in [0.2, 0.25) is 0 Å². The summed E-state index contributed by atoms with van der Waals surface area (Å²) in [5, 5.41) is 12.3. The van der Waals surface area contributed by atoms with Crippen molar-refractivity contribution in [2.75, 3.05) is 6.54 Å². The zero-order valence-corrected chi connectivity index (χ0v) is 9.48. The Labute approximate surface area is 91.3 Å². The van der Waals surface area contributed by atoms with Gasteiger partial charge in [-0.25, -0.2) is 0 Å². The molecule has 1 aromatic rings. The highest BCUT2D eigenvalue weighted by Crippen LogP contribution is 2.26. The number of halogens is 1. The first kappa shape index (κ1) is 9.63. The molecule has 0 saturated carbocycles. The van der Waals surface area contributed by atoms with Gasteiger partial charge in [0.05, 0.1) is 21.4 Å². The Bertz CT molecular complexity index is 420. The Kier molecular flexibility index (Phi) is 2.53. The molecule has 14 heavy (non-hydrogen) atoms. The average Bonchev–Trinajstić information content (AvgIpc) is 2.20. The van der Waals surface area contributed by atoms with Gasteiger partial charge in [0, 0.05) is 6.54 Å². The SMILES string of the molecule is Cc1nc2c(c(C#N)c1Br)CCNC2. The zero-order valence-electron chi connectivity index (χ0n) is 7.89. The molecular weight excluding hydrogens is 242 g/mol. The highest BCUT2D eigenvalue weighted by atomic mass is 79.9. The molecule has 0 saturated heterocycles. The van der Waals surface area contributed by atoms with Crippen molar-refractivity contribution in [2.24, 2.45) is 0 Å². The van der Waals surface area contributed by atoms with E-state index in [1.807, 2.05) is 6.92 Å². The highest BCUT2D eigenvalue weighted by molar-refractivity contribution is 9.10. The van der Waals surface area contributed by atoms with E-state index in [0.717, 1.165) is 46.5 Å². The maximum absolute atomic E-state index is 9.07. The minimum atomic E-state index is 0.758. The molecule has 0 spiro atoms. The lowest BCUT2D eigenvalue weighted by molar-refractivity contribution is 0.623. The van der Waals surface area contributed by atoms with Gasteiger partial charge >= 0.3 is 0 Å². The molecule has 2 heterocycles. The van der Waals surface area contributed by atoms with Crippen molar-refractivity contribution in [3.63, 3.8) is 0 Å². The van der Waals surface area contributed by atoms with E-state index in [0.29, 0.717) is 0 Å². The lowest BCUT2D eigenvalue weighted by Crippen LogP contribution is -2.26. The lowest BCUT2D eigenvalue weighted by atomic mass is 10.00. The molecule has 72 valence electrons. The second-order valence-corrected chi connectivity index (χ2v) is 4.14. The number of nitriles is 1. The molecule has 4 heteroatoms. The van der Waals surface area contributed by atoms with Gasteiger partial charge in [0.25, 0.3) is 0 Å². The van der Waals surface area contributed by atoms with E-state index < -0.39 is 0 Å². The summed E-state index contributed by atoms with van der Waals surface area (Å²) in [6, 6.07) is 2.25. The normalized spacial score (nSPS) is 14.6. The third-order valence-electron chi connectivity index (χ3n) is 2.45. The Morgan fingerprint density at radius 3 is 3.07 bits per heavy atom. The maximum Gasteiger partial charge on any atom is 0.101 e. The van der Waals surface area contributed by atoms with Crippen LogP contribution in [0.2, 0.25) is 0 Å². The number of hydrogen-bond acceptors (Lipinski definition) is 3. The van der Waals surface area contributed by atoms with E-state index in [1.54, 1.807) is 0 Å². The van der Waals surface area contributed by atoms with Crippen molar-refractivity contribution in [2.45, 2.75) is 19.9 Å². The van der Waals surface area contributed by atoms with Gasteiger partial charge in [-0.1, -0.05) is 0 Å². The number of aromatic nitrogens is 1. The zero-order chi connectivity index (χ0) is 10.1. The first-order valence-electron chi connectivity index (χ1n) is 4.52. The van der Waals surface area contributed by atoms with Crippen LogP contribution in [0.15, 0.2) is 4.47 Å². The van der Waals surface area contributed by atoms with Gasteiger partial charge < -0.3 is 5.32 Å². The summed E-state index contributed by atoms with van der Waals surface area (Å²) < 4.78 is 0.848. The van der Waals surface area contributed by atoms with Crippen LogP contribution in [0.5, 0.6) is 0 Å². The molecule has 0 amide bonds. The summed E-state index contributed by atoms with van der Waals surface area (Å²) in [7, 11) is 0. The Balaban J connectivity index is 2.67. The number of fused-ring (bicyclic) bond motifs is 1. The predicted molar refractivity (Wildman–Crippen MR) is 56.8 cm³/mol. The molecule has 0 radical (unpaired) electrons. The van der Waals surface area contributed by atoms with Gasteiger partial charge in [-0.3, -0.25) is 4.98 Å². The van der Waals surface area contributed by atoms with Crippen LogP contribution in [0, 0.1) is 18.3 Å². The van der Waals surface area contributed by atoms with E-state index in [-0.39, 0.29) is 0 Å². The van der Waals surface area contributed by atoms with Gasteiger partial charge in [-0.15, -0.1) is 0 Å². The summed E-state index contributed by atoms with van der Waals surface area (Å²) in [6.07, 6.45) is 0.893. The minimum Gasteiger partial charge on any atom is -0.311 e. The molecule has 1 aliphatic heterocycles. The van der Waals surface area contributed by atoms with Gasteiger partial charge in [-0.2, -0.15) is 5.26 Å². The monoisotopic (exact) mass is 251 g/mol.